The quantitative estimate of drug-likeness (QED) is 0.220. The van der Waals surface area contributed by atoms with Crippen molar-refractivity contribution in [1.29, 1.82) is 0 Å². The van der Waals surface area contributed by atoms with Crippen LogP contribution in [0.1, 0.15) is 31.9 Å². The lowest BCUT2D eigenvalue weighted by atomic mass is 9.85. The van der Waals surface area contributed by atoms with Gasteiger partial charge in [-0.1, -0.05) is 50.2 Å². The Hall–Kier alpha value is -1.87. The van der Waals surface area contributed by atoms with Crippen molar-refractivity contribution in [3.8, 4) is 5.88 Å². The number of nitrogens with one attached hydrogen (secondary N) is 2. The second-order valence-electron chi connectivity index (χ2n) is 7.14. The first-order chi connectivity index (χ1) is 13.5. The van der Waals surface area contributed by atoms with Crippen LogP contribution in [0, 0.1) is 0 Å². The Labute approximate surface area is 191 Å². The van der Waals surface area contributed by atoms with E-state index in [4.69, 9.17) is 9.47 Å². The van der Waals surface area contributed by atoms with E-state index in [1.807, 2.05) is 18.2 Å². The van der Waals surface area contributed by atoms with Crippen molar-refractivity contribution < 1.29 is 9.47 Å². The van der Waals surface area contributed by atoms with Crippen LogP contribution in [0.15, 0.2) is 53.7 Å². The molecule has 0 aliphatic heterocycles. The van der Waals surface area contributed by atoms with Crippen molar-refractivity contribution in [2.45, 2.75) is 32.7 Å². The number of guanidine groups is 1. The lowest BCUT2D eigenvalue weighted by Crippen LogP contribution is -2.43. The molecule has 0 atom stereocenters. The summed E-state index contributed by atoms with van der Waals surface area (Å²) in [6, 6.07) is 14.4. The highest BCUT2D eigenvalue weighted by atomic mass is 127. The standard InChI is InChI=1S/C22H32N4O2.HI/c1-5-23-21(26-17-22(2,3)19-9-7-6-8-10-19)25-16-18-11-12-20(24-15-18)28-14-13-27-4;/h6-12,15H,5,13-14,16-17H2,1-4H3,(H2,23,25,26);1H. The second kappa shape index (κ2) is 13.4. The summed E-state index contributed by atoms with van der Waals surface area (Å²) in [5.41, 5.74) is 2.32. The minimum absolute atomic E-state index is 0. The van der Waals surface area contributed by atoms with E-state index in [9.17, 15) is 0 Å². The van der Waals surface area contributed by atoms with E-state index in [1.165, 1.54) is 5.56 Å². The van der Waals surface area contributed by atoms with Gasteiger partial charge < -0.3 is 20.1 Å². The fourth-order valence-electron chi connectivity index (χ4n) is 2.63. The van der Waals surface area contributed by atoms with E-state index in [0.717, 1.165) is 24.6 Å². The van der Waals surface area contributed by atoms with Crippen LogP contribution in [-0.2, 0) is 16.7 Å². The molecule has 7 heteroatoms. The number of nitrogens with zero attached hydrogens (tertiary/aromatic N) is 2. The number of aliphatic imine (C=N–C) groups is 1. The Morgan fingerprint density at radius 3 is 2.45 bits per heavy atom. The summed E-state index contributed by atoms with van der Waals surface area (Å²) in [6.45, 7) is 9.70. The SMILES string of the molecule is CCNC(=NCc1ccc(OCCOC)nc1)NCC(C)(C)c1ccccc1.I. The van der Waals surface area contributed by atoms with Crippen LogP contribution >= 0.6 is 24.0 Å². The minimum Gasteiger partial charge on any atom is -0.475 e. The van der Waals surface area contributed by atoms with E-state index in [0.29, 0.717) is 25.6 Å². The molecule has 2 rings (SSSR count). The number of hydrogen-bond acceptors (Lipinski definition) is 4. The molecule has 0 fully saturated rings. The molecule has 0 bridgehead atoms. The molecule has 2 N–H and O–H groups in total. The average Bonchev–Trinajstić information content (AvgIpc) is 2.72. The van der Waals surface area contributed by atoms with Crippen LogP contribution in [0.25, 0.3) is 0 Å². The Bertz CT molecular complexity index is 721. The normalized spacial score (nSPS) is 11.5. The van der Waals surface area contributed by atoms with Crippen LogP contribution in [0.3, 0.4) is 0 Å². The van der Waals surface area contributed by atoms with E-state index < -0.39 is 0 Å². The summed E-state index contributed by atoms with van der Waals surface area (Å²) in [4.78, 5) is 8.99. The first kappa shape index (κ1) is 25.2. The predicted octanol–water partition coefficient (Wildman–Crippen LogP) is 3.76. The molecule has 0 saturated carbocycles. The molecular formula is C22H33IN4O2. The van der Waals surface area contributed by atoms with Gasteiger partial charge in [0.25, 0.3) is 0 Å². The van der Waals surface area contributed by atoms with E-state index in [1.54, 1.807) is 13.3 Å². The van der Waals surface area contributed by atoms with Gasteiger partial charge >= 0.3 is 0 Å². The molecule has 29 heavy (non-hydrogen) atoms. The third-order valence-corrected chi connectivity index (χ3v) is 4.35. The summed E-state index contributed by atoms with van der Waals surface area (Å²) in [6.07, 6.45) is 1.79. The summed E-state index contributed by atoms with van der Waals surface area (Å²) in [5.74, 6) is 1.39. The molecule has 0 aliphatic carbocycles. The molecule has 0 spiro atoms. The zero-order valence-corrected chi connectivity index (χ0v) is 20.1. The fourth-order valence-corrected chi connectivity index (χ4v) is 2.63. The number of methoxy groups -OCH3 is 1. The summed E-state index contributed by atoms with van der Waals surface area (Å²) < 4.78 is 10.5. The molecule has 2 aromatic rings. The number of aromatic nitrogens is 1. The maximum absolute atomic E-state index is 5.49. The maximum Gasteiger partial charge on any atom is 0.213 e. The molecule has 6 nitrogen and oxygen atoms in total. The van der Waals surface area contributed by atoms with Gasteiger partial charge in [0.05, 0.1) is 13.2 Å². The van der Waals surface area contributed by atoms with Gasteiger partial charge in [-0.25, -0.2) is 9.98 Å². The van der Waals surface area contributed by atoms with Gasteiger partial charge in [0.2, 0.25) is 5.88 Å². The monoisotopic (exact) mass is 512 g/mol. The number of rotatable bonds is 10. The highest BCUT2D eigenvalue weighted by Crippen LogP contribution is 2.21. The Kier molecular flexibility index (Phi) is 11.6. The van der Waals surface area contributed by atoms with Gasteiger partial charge in [-0.3, -0.25) is 0 Å². The maximum atomic E-state index is 5.49. The topological polar surface area (TPSA) is 67.8 Å². The van der Waals surface area contributed by atoms with Crippen LogP contribution in [0.4, 0.5) is 0 Å². The summed E-state index contributed by atoms with van der Waals surface area (Å²) >= 11 is 0. The summed E-state index contributed by atoms with van der Waals surface area (Å²) in [5, 5.41) is 6.76. The Balaban J connectivity index is 0.00000420. The molecule has 1 heterocycles. The van der Waals surface area contributed by atoms with E-state index in [2.05, 4.69) is 65.6 Å². The van der Waals surface area contributed by atoms with Gasteiger partial charge in [0.15, 0.2) is 5.96 Å². The molecule has 1 aromatic heterocycles. The fraction of sp³-hybridized carbons (Fsp3) is 0.455. The van der Waals surface area contributed by atoms with Crippen LogP contribution in [-0.4, -0.2) is 44.4 Å². The zero-order valence-electron chi connectivity index (χ0n) is 17.8. The average molecular weight is 512 g/mol. The summed E-state index contributed by atoms with van der Waals surface area (Å²) in [7, 11) is 1.65. The third kappa shape index (κ3) is 8.99. The molecular weight excluding hydrogens is 479 g/mol. The van der Waals surface area contributed by atoms with Crippen molar-refractivity contribution in [2.75, 3.05) is 33.4 Å². The van der Waals surface area contributed by atoms with Crippen molar-refractivity contribution in [2.24, 2.45) is 4.99 Å². The molecule has 1 aromatic carbocycles. The molecule has 0 amide bonds. The van der Waals surface area contributed by atoms with Crippen molar-refractivity contribution in [1.82, 2.24) is 15.6 Å². The van der Waals surface area contributed by atoms with Gasteiger partial charge in [0, 0.05) is 37.9 Å². The highest BCUT2D eigenvalue weighted by Gasteiger charge is 2.20. The first-order valence-corrected chi connectivity index (χ1v) is 9.69. The molecule has 0 aliphatic rings. The smallest absolute Gasteiger partial charge is 0.213 e. The lowest BCUT2D eigenvalue weighted by molar-refractivity contribution is 0.143. The first-order valence-electron chi connectivity index (χ1n) is 9.69. The van der Waals surface area contributed by atoms with Gasteiger partial charge in [0.1, 0.15) is 6.61 Å². The number of ether oxygens (including phenoxy) is 2. The minimum atomic E-state index is 0. The van der Waals surface area contributed by atoms with Crippen LogP contribution < -0.4 is 15.4 Å². The van der Waals surface area contributed by atoms with Crippen LogP contribution in [0.5, 0.6) is 5.88 Å². The van der Waals surface area contributed by atoms with E-state index in [-0.39, 0.29) is 29.4 Å². The van der Waals surface area contributed by atoms with E-state index >= 15 is 0 Å². The number of pyridine rings is 1. The van der Waals surface area contributed by atoms with Crippen molar-refractivity contribution in [3.63, 3.8) is 0 Å². The van der Waals surface area contributed by atoms with Crippen molar-refractivity contribution >= 4 is 29.9 Å². The van der Waals surface area contributed by atoms with Gasteiger partial charge in [-0.15, -0.1) is 24.0 Å². The van der Waals surface area contributed by atoms with Crippen LogP contribution in [0.2, 0.25) is 0 Å². The Morgan fingerprint density at radius 2 is 1.83 bits per heavy atom. The predicted molar refractivity (Wildman–Crippen MR) is 129 cm³/mol. The molecule has 160 valence electrons. The lowest BCUT2D eigenvalue weighted by Gasteiger charge is -2.26. The zero-order chi connectivity index (χ0) is 20.2. The largest absolute Gasteiger partial charge is 0.475 e. The third-order valence-electron chi connectivity index (χ3n) is 4.35. The highest BCUT2D eigenvalue weighted by molar-refractivity contribution is 14.0. The molecule has 0 saturated heterocycles. The molecule has 0 radical (unpaired) electrons. The van der Waals surface area contributed by atoms with Crippen molar-refractivity contribution in [3.05, 3.63) is 59.8 Å². The number of halogens is 1. The van der Waals surface area contributed by atoms with Gasteiger partial charge in [-0.2, -0.15) is 0 Å². The second-order valence-corrected chi connectivity index (χ2v) is 7.14. The number of hydrogen-bond donors (Lipinski definition) is 2. The number of benzene rings is 1. The Morgan fingerprint density at radius 1 is 1.07 bits per heavy atom. The van der Waals surface area contributed by atoms with Gasteiger partial charge in [-0.05, 0) is 18.1 Å². The molecule has 0 unspecified atom stereocenters.